The number of hydrogen-bond donors (Lipinski definition) is 2. The van der Waals surface area contributed by atoms with Gasteiger partial charge in [-0.1, -0.05) is 20.8 Å². The first-order valence-electron chi connectivity index (χ1n) is 11.6. The zero-order valence-corrected chi connectivity index (χ0v) is 20.1. The zero-order valence-electron chi connectivity index (χ0n) is 20.1. The lowest BCUT2D eigenvalue weighted by molar-refractivity contribution is -0.270. The van der Waals surface area contributed by atoms with E-state index in [9.17, 15) is 24.6 Å². The van der Waals surface area contributed by atoms with Crippen molar-refractivity contribution in [3.63, 3.8) is 0 Å². The molecule has 8 nitrogen and oxygen atoms in total. The second kappa shape index (κ2) is 8.37. The van der Waals surface area contributed by atoms with Gasteiger partial charge < -0.3 is 24.4 Å². The third-order valence-corrected chi connectivity index (χ3v) is 8.72. The number of Topliss-reactive ketones (excluding diaryl/α,β-unsaturated/α-hetero) is 1. The van der Waals surface area contributed by atoms with Crippen molar-refractivity contribution in [2.75, 3.05) is 13.2 Å². The van der Waals surface area contributed by atoms with Gasteiger partial charge in [-0.25, -0.2) is 0 Å². The van der Waals surface area contributed by atoms with Crippen LogP contribution in [0.4, 0.5) is 0 Å². The SMILES string of the molecule is CC(=O)OCC[C@]1(C)CC[C@@]2(O1)[C@H](C)[C@@H](O)C(=O)[C@H]1[C@@](C)(COC(C)=O)[C@H](O)CC[C@@]12C. The van der Waals surface area contributed by atoms with Crippen LogP contribution in [-0.2, 0) is 28.6 Å². The standard InChI is InChI=1S/C24H38O8/c1-14-18(28)19(29)20-22(5,13-31-16(3)26)17(27)7-8-23(20,6)24(14)10-9-21(4,32-24)11-12-30-15(2)25/h14,17-18,20,27-28H,7-13H2,1-6H3/t14-,17-,18-,20+,21+,22+,23+,24-/m1/s1. The maximum absolute atomic E-state index is 13.5. The topological polar surface area (TPSA) is 119 Å². The Labute approximate surface area is 190 Å². The van der Waals surface area contributed by atoms with E-state index in [4.69, 9.17) is 14.2 Å². The van der Waals surface area contributed by atoms with E-state index in [0.29, 0.717) is 32.1 Å². The van der Waals surface area contributed by atoms with Crippen molar-refractivity contribution in [1.82, 2.24) is 0 Å². The number of carbonyl (C=O) groups is 3. The number of ether oxygens (including phenoxy) is 3. The minimum atomic E-state index is -1.24. The van der Waals surface area contributed by atoms with Crippen LogP contribution in [0.3, 0.4) is 0 Å². The highest BCUT2D eigenvalue weighted by atomic mass is 16.5. The van der Waals surface area contributed by atoms with Gasteiger partial charge in [0.05, 0.1) is 30.5 Å². The second-order valence-corrected chi connectivity index (χ2v) is 10.9. The molecule has 0 amide bonds. The Morgan fingerprint density at radius 2 is 1.69 bits per heavy atom. The molecule has 1 aliphatic heterocycles. The van der Waals surface area contributed by atoms with E-state index >= 15 is 0 Å². The summed E-state index contributed by atoms with van der Waals surface area (Å²) in [7, 11) is 0. The molecule has 8 atom stereocenters. The van der Waals surface area contributed by atoms with Gasteiger partial charge in [0, 0.05) is 42.9 Å². The van der Waals surface area contributed by atoms with E-state index < -0.39 is 52.0 Å². The first-order chi connectivity index (χ1) is 14.7. The molecule has 0 aromatic rings. The number of aliphatic hydroxyl groups excluding tert-OH is 2. The van der Waals surface area contributed by atoms with E-state index in [2.05, 4.69) is 0 Å². The molecule has 2 saturated carbocycles. The van der Waals surface area contributed by atoms with Gasteiger partial charge in [0.15, 0.2) is 5.78 Å². The van der Waals surface area contributed by atoms with Crippen molar-refractivity contribution < 1.29 is 38.8 Å². The molecule has 2 N–H and O–H groups in total. The predicted molar refractivity (Wildman–Crippen MR) is 114 cm³/mol. The molecule has 3 aliphatic rings. The molecule has 8 heteroatoms. The molecule has 3 fully saturated rings. The van der Waals surface area contributed by atoms with Gasteiger partial charge in [-0.2, -0.15) is 0 Å². The first-order valence-corrected chi connectivity index (χ1v) is 11.6. The number of aliphatic hydroxyl groups is 2. The highest BCUT2D eigenvalue weighted by Gasteiger charge is 2.73. The quantitative estimate of drug-likeness (QED) is 0.607. The fourth-order valence-electron chi connectivity index (χ4n) is 6.86. The second-order valence-electron chi connectivity index (χ2n) is 10.9. The largest absolute Gasteiger partial charge is 0.466 e. The highest BCUT2D eigenvalue weighted by molar-refractivity contribution is 5.89. The van der Waals surface area contributed by atoms with Gasteiger partial charge in [-0.15, -0.1) is 0 Å². The monoisotopic (exact) mass is 454 g/mol. The summed E-state index contributed by atoms with van der Waals surface area (Å²) in [4.78, 5) is 36.3. The molecule has 0 aromatic carbocycles. The smallest absolute Gasteiger partial charge is 0.302 e. The summed E-state index contributed by atoms with van der Waals surface area (Å²) in [5, 5.41) is 22.0. The molecular formula is C24H38O8. The van der Waals surface area contributed by atoms with Crippen LogP contribution in [0.5, 0.6) is 0 Å². The van der Waals surface area contributed by atoms with Crippen LogP contribution in [0.25, 0.3) is 0 Å². The molecule has 2 aliphatic carbocycles. The summed E-state index contributed by atoms with van der Waals surface area (Å²) in [5.74, 6) is -2.33. The summed E-state index contributed by atoms with van der Waals surface area (Å²) < 4.78 is 17.3. The van der Waals surface area contributed by atoms with Gasteiger partial charge in [-0.3, -0.25) is 14.4 Å². The predicted octanol–water partition coefficient (Wildman–Crippen LogP) is 2.17. The normalized spacial score (nSPS) is 46.1. The highest BCUT2D eigenvalue weighted by Crippen LogP contribution is 2.67. The van der Waals surface area contributed by atoms with E-state index in [0.717, 1.165) is 0 Å². The van der Waals surface area contributed by atoms with Crippen LogP contribution in [0, 0.1) is 22.7 Å². The Hall–Kier alpha value is -1.51. The Morgan fingerprint density at radius 1 is 1.06 bits per heavy atom. The number of ketones is 1. The fraction of sp³-hybridized carbons (Fsp3) is 0.875. The van der Waals surface area contributed by atoms with Crippen LogP contribution in [0.2, 0.25) is 0 Å². The third kappa shape index (κ3) is 3.78. The summed E-state index contributed by atoms with van der Waals surface area (Å²) in [6.07, 6.45) is 0.753. The number of fused-ring (bicyclic) bond motifs is 2. The van der Waals surface area contributed by atoms with Crippen LogP contribution in [0.1, 0.15) is 73.6 Å². The molecule has 0 aromatic heterocycles. The van der Waals surface area contributed by atoms with E-state index in [-0.39, 0.29) is 25.0 Å². The molecule has 0 bridgehead atoms. The maximum atomic E-state index is 13.5. The Morgan fingerprint density at radius 3 is 2.28 bits per heavy atom. The average Bonchev–Trinajstić information content (AvgIpc) is 3.06. The van der Waals surface area contributed by atoms with Gasteiger partial charge in [0.25, 0.3) is 0 Å². The van der Waals surface area contributed by atoms with Crippen LogP contribution >= 0.6 is 0 Å². The molecule has 3 rings (SSSR count). The zero-order chi connectivity index (χ0) is 24.1. The summed E-state index contributed by atoms with van der Waals surface area (Å²) in [6, 6.07) is 0. The van der Waals surface area contributed by atoms with Gasteiger partial charge in [0.1, 0.15) is 6.10 Å². The molecular weight excluding hydrogens is 416 g/mol. The molecule has 1 spiro atoms. The van der Waals surface area contributed by atoms with Crippen molar-refractivity contribution in [3.05, 3.63) is 0 Å². The Kier molecular flexibility index (Phi) is 6.57. The molecule has 0 radical (unpaired) electrons. The van der Waals surface area contributed by atoms with Crippen LogP contribution in [-0.4, -0.2) is 64.6 Å². The minimum absolute atomic E-state index is 0.101. The molecule has 182 valence electrons. The Bertz CT molecular complexity index is 782. The van der Waals surface area contributed by atoms with Crippen LogP contribution in [0.15, 0.2) is 0 Å². The minimum Gasteiger partial charge on any atom is -0.466 e. The van der Waals surface area contributed by atoms with E-state index in [1.807, 2.05) is 20.8 Å². The lowest BCUT2D eigenvalue weighted by Gasteiger charge is -2.64. The fourth-order valence-corrected chi connectivity index (χ4v) is 6.86. The van der Waals surface area contributed by atoms with Crippen LogP contribution < -0.4 is 0 Å². The summed E-state index contributed by atoms with van der Waals surface area (Å²) >= 11 is 0. The van der Waals surface area contributed by atoms with Crippen molar-refractivity contribution in [2.45, 2.75) is 97.1 Å². The lowest BCUT2D eigenvalue weighted by atomic mass is 9.42. The van der Waals surface area contributed by atoms with Crippen molar-refractivity contribution in [1.29, 1.82) is 0 Å². The van der Waals surface area contributed by atoms with Gasteiger partial charge in [0.2, 0.25) is 0 Å². The van der Waals surface area contributed by atoms with Gasteiger partial charge >= 0.3 is 11.9 Å². The maximum Gasteiger partial charge on any atom is 0.302 e. The number of esters is 2. The van der Waals surface area contributed by atoms with Crippen molar-refractivity contribution >= 4 is 17.7 Å². The summed E-state index contributed by atoms with van der Waals surface area (Å²) in [5.41, 5.74) is -3.08. The number of hydrogen-bond acceptors (Lipinski definition) is 8. The van der Waals surface area contributed by atoms with Crippen molar-refractivity contribution in [3.8, 4) is 0 Å². The summed E-state index contributed by atoms with van der Waals surface area (Å²) in [6.45, 7) is 10.4. The molecule has 32 heavy (non-hydrogen) atoms. The van der Waals surface area contributed by atoms with E-state index in [1.54, 1.807) is 6.92 Å². The molecule has 1 saturated heterocycles. The molecule has 0 unspecified atom stereocenters. The third-order valence-electron chi connectivity index (χ3n) is 8.72. The first kappa shape index (κ1) is 25.1. The number of rotatable bonds is 5. The van der Waals surface area contributed by atoms with E-state index in [1.165, 1.54) is 13.8 Å². The molecule has 1 heterocycles. The Balaban J connectivity index is 2.00. The lowest BCUT2D eigenvalue weighted by Crippen LogP contribution is -2.72. The van der Waals surface area contributed by atoms with Gasteiger partial charge in [-0.05, 0) is 32.6 Å². The number of carbonyl (C=O) groups excluding carboxylic acids is 3. The van der Waals surface area contributed by atoms with Crippen molar-refractivity contribution in [2.24, 2.45) is 22.7 Å². The average molecular weight is 455 g/mol.